The number of aryl methyl sites for hydroxylation is 1. The predicted molar refractivity (Wildman–Crippen MR) is 117 cm³/mol. The van der Waals surface area contributed by atoms with E-state index in [1.54, 1.807) is 12.1 Å². The summed E-state index contributed by atoms with van der Waals surface area (Å²) < 4.78 is 7.62. The molecule has 1 aromatic heterocycles. The van der Waals surface area contributed by atoms with Gasteiger partial charge in [0.2, 0.25) is 0 Å². The van der Waals surface area contributed by atoms with E-state index in [4.69, 9.17) is 16.3 Å². The Labute approximate surface area is 181 Å². The van der Waals surface area contributed by atoms with Gasteiger partial charge in [-0.05, 0) is 42.0 Å². The molecule has 1 aliphatic heterocycles. The number of piperazine rings is 1. The molecule has 1 aliphatic rings. The number of nitrogens with zero attached hydrogens (tertiary/aromatic N) is 4. The molecule has 0 aliphatic carbocycles. The van der Waals surface area contributed by atoms with Gasteiger partial charge in [-0.1, -0.05) is 23.7 Å². The van der Waals surface area contributed by atoms with E-state index in [0.29, 0.717) is 17.2 Å². The normalized spacial score (nSPS) is 14.7. The minimum Gasteiger partial charge on any atom is -0.489 e. The average molecular weight is 425 g/mol. The molecule has 0 radical (unpaired) electrons. The Hall–Kier alpha value is -2.83. The molecule has 3 aromatic rings. The number of benzene rings is 2. The van der Waals surface area contributed by atoms with Gasteiger partial charge < -0.3 is 9.64 Å². The number of carbonyl (C=O) groups excluding carboxylic acids is 1. The fourth-order valence-corrected chi connectivity index (χ4v) is 3.72. The van der Waals surface area contributed by atoms with Crippen molar-refractivity contribution < 1.29 is 9.53 Å². The number of aromatic nitrogens is 2. The predicted octanol–water partition coefficient (Wildman–Crippen LogP) is 3.61. The summed E-state index contributed by atoms with van der Waals surface area (Å²) in [6.45, 7) is 4.45. The van der Waals surface area contributed by atoms with Gasteiger partial charge >= 0.3 is 0 Å². The van der Waals surface area contributed by atoms with E-state index in [1.807, 2.05) is 65.4 Å². The van der Waals surface area contributed by atoms with Gasteiger partial charge in [0.25, 0.3) is 5.91 Å². The summed E-state index contributed by atoms with van der Waals surface area (Å²) in [5.41, 5.74) is 2.87. The second kappa shape index (κ2) is 9.32. The first kappa shape index (κ1) is 20.4. The monoisotopic (exact) mass is 424 g/mol. The van der Waals surface area contributed by atoms with Crippen LogP contribution in [0.25, 0.3) is 0 Å². The molecule has 2 heterocycles. The van der Waals surface area contributed by atoms with E-state index >= 15 is 0 Å². The van der Waals surface area contributed by atoms with Gasteiger partial charge in [0.1, 0.15) is 12.4 Å². The lowest BCUT2D eigenvalue weighted by molar-refractivity contribution is 0.0628. The molecule has 0 atom stereocenters. The third kappa shape index (κ3) is 5.20. The summed E-state index contributed by atoms with van der Waals surface area (Å²) in [6.07, 6.45) is 3.93. The summed E-state index contributed by atoms with van der Waals surface area (Å²) >= 11 is 5.90. The minimum absolute atomic E-state index is 0.0735. The van der Waals surface area contributed by atoms with Crippen LogP contribution in [0.5, 0.6) is 5.75 Å². The molecule has 156 valence electrons. The number of halogens is 1. The smallest absolute Gasteiger partial charge is 0.253 e. The fourth-order valence-electron chi connectivity index (χ4n) is 3.60. The first-order valence-electron chi connectivity index (χ1n) is 10.0. The molecular formula is C23H25ClN4O2. The lowest BCUT2D eigenvalue weighted by Crippen LogP contribution is -2.48. The number of ether oxygens (including phenoxy) is 1. The molecule has 7 heteroatoms. The highest BCUT2D eigenvalue weighted by molar-refractivity contribution is 6.30. The molecule has 1 amide bonds. The second-order valence-corrected chi connectivity index (χ2v) is 7.97. The van der Waals surface area contributed by atoms with Gasteiger partial charge in [0.05, 0.1) is 6.20 Å². The highest BCUT2D eigenvalue weighted by atomic mass is 35.5. The SMILES string of the molecule is Cn1cc(CN2CCN(C(=O)c3cccc(COc4ccc(Cl)cc4)c3)CC2)cn1. The van der Waals surface area contributed by atoms with Crippen molar-refractivity contribution >= 4 is 17.5 Å². The first-order chi connectivity index (χ1) is 14.6. The average Bonchev–Trinajstić information content (AvgIpc) is 3.18. The van der Waals surface area contributed by atoms with Crippen LogP contribution in [-0.2, 0) is 20.2 Å². The maximum Gasteiger partial charge on any atom is 0.253 e. The third-order valence-electron chi connectivity index (χ3n) is 5.22. The Morgan fingerprint density at radius 2 is 1.83 bits per heavy atom. The van der Waals surface area contributed by atoms with Gasteiger partial charge in [0, 0.05) is 62.1 Å². The van der Waals surface area contributed by atoms with Crippen molar-refractivity contribution in [1.82, 2.24) is 19.6 Å². The van der Waals surface area contributed by atoms with E-state index in [9.17, 15) is 4.79 Å². The topological polar surface area (TPSA) is 50.6 Å². The Morgan fingerprint density at radius 1 is 1.07 bits per heavy atom. The molecule has 0 saturated carbocycles. The van der Waals surface area contributed by atoms with E-state index in [2.05, 4.69) is 10.00 Å². The van der Waals surface area contributed by atoms with Crippen molar-refractivity contribution in [1.29, 1.82) is 0 Å². The largest absolute Gasteiger partial charge is 0.489 e. The molecule has 6 nitrogen and oxygen atoms in total. The Morgan fingerprint density at radius 3 is 2.53 bits per heavy atom. The van der Waals surface area contributed by atoms with Crippen LogP contribution in [0.4, 0.5) is 0 Å². The molecule has 0 unspecified atom stereocenters. The fraction of sp³-hybridized carbons (Fsp3) is 0.304. The van der Waals surface area contributed by atoms with Crippen LogP contribution in [-0.4, -0.2) is 51.7 Å². The summed E-state index contributed by atoms with van der Waals surface area (Å²) in [4.78, 5) is 17.3. The van der Waals surface area contributed by atoms with E-state index in [0.717, 1.165) is 44.0 Å². The zero-order valence-corrected chi connectivity index (χ0v) is 17.8. The number of hydrogen-bond acceptors (Lipinski definition) is 4. The van der Waals surface area contributed by atoms with Crippen molar-refractivity contribution in [3.05, 3.63) is 82.6 Å². The van der Waals surface area contributed by atoms with Gasteiger partial charge in [-0.15, -0.1) is 0 Å². The van der Waals surface area contributed by atoms with Crippen molar-refractivity contribution in [3.63, 3.8) is 0 Å². The Bertz CT molecular complexity index is 994. The third-order valence-corrected chi connectivity index (χ3v) is 5.47. The van der Waals surface area contributed by atoms with Gasteiger partial charge in [-0.3, -0.25) is 14.4 Å². The quantitative estimate of drug-likeness (QED) is 0.606. The van der Waals surface area contributed by atoms with Gasteiger partial charge in [0.15, 0.2) is 0 Å². The van der Waals surface area contributed by atoms with Crippen LogP contribution < -0.4 is 4.74 Å². The zero-order chi connectivity index (χ0) is 20.9. The molecule has 1 fully saturated rings. The van der Waals surface area contributed by atoms with Gasteiger partial charge in [-0.2, -0.15) is 5.10 Å². The summed E-state index contributed by atoms with van der Waals surface area (Å²) in [6, 6.07) is 14.9. The molecule has 1 saturated heterocycles. The molecule has 4 rings (SSSR count). The van der Waals surface area contributed by atoms with Crippen LogP contribution in [0, 0.1) is 0 Å². The van der Waals surface area contributed by atoms with E-state index < -0.39 is 0 Å². The molecule has 30 heavy (non-hydrogen) atoms. The minimum atomic E-state index is 0.0735. The molecule has 2 aromatic carbocycles. The molecule has 0 spiro atoms. The summed E-state index contributed by atoms with van der Waals surface area (Å²) in [7, 11) is 1.93. The van der Waals surface area contributed by atoms with Crippen molar-refractivity contribution in [2.75, 3.05) is 26.2 Å². The van der Waals surface area contributed by atoms with E-state index in [1.165, 1.54) is 5.56 Å². The maximum atomic E-state index is 13.0. The number of rotatable bonds is 6. The highest BCUT2D eigenvalue weighted by Crippen LogP contribution is 2.18. The lowest BCUT2D eigenvalue weighted by atomic mass is 10.1. The Balaban J connectivity index is 1.31. The van der Waals surface area contributed by atoms with Crippen LogP contribution in [0.2, 0.25) is 5.02 Å². The zero-order valence-electron chi connectivity index (χ0n) is 17.0. The maximum absolute atomic E-state index is 13.0. The molecule has 0 N–H and O–H groups in total. The second-order valence-electron chi connectivity index (χ2n) is 7.53. The van der Waals surface area contributed by atoms with Crippen molar-refractivity contribution in [2.45, 2.75) is 13.2 Å². The van der Waals surface area contributed by atoms with E-state index in [-0.39, 0.29) is 5.91 Å². The van der Waals surface area contributed by atoms with Crippen LogP contribution in [0.1, 0.15) is 21.5 Å². The van der Waals surface area contributed by atoms with Crippen LogP contribution in [0.3, 0.4) is 0 Å². The standard InChI is InChI=1S/C23H25ClN4O2/c1-26-15-19(14-25-26)16-27-9-11-28(12-10-27)23(29)20-4-2-3-18(13-20)17-30-22-7-5-21(24)6-8-22/h2-8,13-15H,9-12,16-17H2,1H3. The summed E-state index contributed by atoms with van der Waals surface area (Å²) in [5.74, 6) is 0.824. The molecule has 0 bridgehead atoms. The number of hydrogen-bond donors (Lipinski definition) is 0. The van der Waals surface area contributed by atoms with Crippen LogP contribution in [0.15, 0.2) is 60.9 Å². The van der Waals surface area contributed by atoms with Gasteiger partial charge in [-0.25, -0.2) is 0 Å². The highest BCUT2D eigenvalue weighted by Gasteiger charge is 2.22. The first-order valence-corrected chi connectivity index (χ1v) is 10.4. The Kier molecular flexibility index (Phi) is 6.35. The van der Waals surface area contributed by atoms with Crippen molar-refractivity contribution in [3.8, 4) is 5.75 Å². The lowest BCUT2D eigenvalue weighted by Gasteiger charge is -2.34. The molecular weight excluding hydrogens is 400 g/mol. The number of carbonyl (C=O) groups is 1. The van der Waals surface area contributed by atoms with Crippen molar-refractivity contribution in [2.24, 2.45) is 7.05 Å². The number of amides is 1. The summed E-state index contributed by atoms with van der Waals surface area (Å²) in [5, 5.41) is 4.90. The van der Waals surface area contributed by atoms with Crippen LogP contribution >= 0.6 is 11.6 Å².